The molecule has 1 amide bonds. The quantitative estimate of drug-likeness (QED) is 0.645. The molecule has 0 saturated carbocycles. The van der Waals surface area contributed by atoms with E-state index in [2.05, 4.69) is 4.90 Å². The van der Waals surface area contributed by atoms with Gasteiger partial charge in [0.15, 0.2) is 0 Å². The van der Waals surface area contributed by atoms with Crippen LogP contribution in [0.4, 0.5) is 4.39 Å². The maximum atomic E-state index is 13.6. The van der Waals surface area contributed by atoms with Gasteiger partial charge in [0.2, 0.25) is 0 Å². The first-order chi connectivity index (χ1) is 14.2. The summed E-state index contributed by atoms with van der Waals surface area (Å²) in [6, 6.07) is 13.7. The van der Waals surface area contributed by atoms with E-state index >= 15 is 0 Å². The Labute approximate surface area is 172 Å². The maximum Gasteiger partial charge on any atom is 0.254 e. The third-order valence-corrected chi connectivity index (χ3v) is 4.97. The molecule has 0 radical (unpaired) electrons. The van der Waals surface area contributed by atoms with Gasteiger partial charge < -0.3 is 14.4 Å². The number of benzene rings is 2. The van der Waals surface area contributed by atoms with Gasteiger partial charge in [0.25, 0.3) is 5.91 Å². The van der Waals surface area contributed by atoms with Crippen molar-refractivity contribution in [1.29, 1.82) is 0 Å². The first-order valence-electron chi connectivity index (χ1n) is 10.2. The highest BCUT2D eigenvalue weighted by molar-refractivity contribution is 5.94. The third kappa shape index (κ3) is 6.54. The second-order valence-corrected chi connectivity index (χ2v) is 7.12. The van der Waals surface area contributed by atoms with Gasteiger partial charge in [0.05, 0.1) is 19.8 Å². The van der Waals surface area contributed by atoms with Crippen LogP contribution in [-0.4, -0.2) is 61.7 Å². The molecule has 0 bridgehead atoms. The van der Waals surface area contributed by atoms with Crippen LogP contribution in [0.25, 0.3) is 0 Å². The Hall–Kier alpha value is -2.44. The minimum atomic E-state index is -0.398. The highest BCUT2D eigenvalue weighted by Crippen LogP contribution is 2.16. The van der Waals surface area contributed by atoms with E-state index in [1.165, 1.54) is 12.1 Å². The van der Waals surface area contributed by atoms with Gasteiger partial charge in [-0.1, -0.05) is 18.2 Å². The zero-order chi connectivity index (χ0) is 20.5. The van der Waals surface area contributed by atoms with E-state index in [1.54, 1.807) is 17.0 Å². The molecule has 0 unspecified atom stereocenters. The van der Waals surface area contributed by atoms with Gasteiger partial charge in [-0.2, -0.15) is 0 Å². The first-order valence-corrected chi connectivity index (χ1v) is 10.2. The predicted molar refractivity (Wildman–Crippen MR) is 111 cm³/mol. The smallest absolute Gasteiger partial charge is 0.254 e. The summed E-state index contributed by atoms with van der Waals surface area (Å²) in [4.78, 5) is 17.2. The van der Waals surface area contributed by atoms with Crippen LogP contribution in [0, 0.1) is 5.82 Å². The van der Waals surface area contributed by atoms with Crippen LogP contribution in [0.1, 0.15) is 29.3 Å². The molecular formula is C23H29FN2O3. The summed E-state index contributed by atoms with van der Waals surface area (Å²) in [5, 5.41) is 0. The van der Waals surface area contributed by atoms with Crippen molar-refractivity contribution < 1.29 is 18.7 Å². The lowest BCUT2D eigenvalue weighted by Crippen LogP contribution is -2.39. The molecule has 0 atom stereocenters. The van der Waals surface area contributed by atoms with Crippen molar-refractivity contribution in [3.8, 4) is 5.75 Å². The lowest BCUT2D eigenvalue weighted by molar-refractivity contribution is 0.0355. The minimum absolute atomic E-state index is 0.152. The molecule has 0 aliphatic carbocycles. The van der Waals surface area contributed by atoms with E-state index in [0.717, 1.165) is 50.6 Å². The van der Waals surface area contributed by atoms with Crippen LogP contribution in [0.5, 0.6) is 5.75 Å². The second kappa shape index (κ2) is 10.9. The fourth-order valence-electron chi connectivity index (χ4n) is 3.44. The molecule has 2 aromatic rings. The van der Waals surface area contributed by atoms with Crippen molar-refractivity contribution in [2.45, 2.75) is 19.9 Å². The molecule has 0 N–H and O–H groups in total. The van der Waals surface area contributed by atoms with E-state index in [0.29, 0.717) is 25.3 Å². The summed E-state index contributed by atoms with van der Waals surface area (Å²) in [6.45, 7) is 7.95. The van der Waals surface area contributed by atoms with Crippen molar-refractivity contribution >= 4 is 5.91 Å². The Kier molecular flexibility index (Phi) is 8.02. The van der Waals surface area contributed by atoms with Crippen LogP contribution in [0.2, 0.25) is 0 Å². The van der Waals surface area contributed by atoms with E-state index < -0.39 is 5.82 Å². The average Bonchev–Trinajstić information content (AvgIpc) is 2.75. The van der Waals surface area contributed by atoms with Crippen molar-refractivity contribution in [1.82, 2.24) is 9.80 Å². The monoisotopic (exact) mass is 400 g/mol. The van der Waals surface area contributed by atoms with Crippen molar-refractivity contribution in [3.05, 3.63) is 65.5 Å². The first kappa shape index (κ1) is 21.3. The standard InChI is InChI=1S/C23H29FN2O3/c1-2-29-22-9-7-19(8-10-22)18-26(12-4-11-25-13-15-28-16-14-25)23(27)20-5-3-6-21(24)17-20/h3,5-10,17H,2,4,11-16,18H2,1H3. The fourth-order valence-corrected chi connectivity index (χ4v) is 3.44. The zero-order valence-corrected chi connectivity index (χ0v) is 17.0. The molecule has 1 heterocycles. The molecular weight excluding hydrogens is 371 g/mol. The fraction of sp³-hybridized carbons (Fsp3) is 0.435. The third-order valence-electron chi connectivity index (χ3n) is 4.97. The minimum Gasteiger partial charge on any atom is -0.494 e. The van der Waals surface area contributed by atoms with E-state index in [1.807, 2.05) is 31.2 Å². The van der Waals surface area contributed by atoms with Gasteiger partial charge in [-0.15, -0.1) is 0 Å². The number of halogens is 1. The molecule has 2 aromatic carbocycles. The number of hydrogen-bond acceptors (Lipinski definition) is 4. The Morgan fingerprint density at radius 3 is 2.62 bits per heavy atom. The van der Waals surface area contributed by atoms with E-state index in [4.69, 9.17) is 9.47 Å². The molecule has 29 heavy (non-hydrogen) atoms. The van der Waals surface area contributed by atoms with Gasteiger partial charge in [-0.25, -0.2) is 4.39 Å². The number of ether oxygens (including phenoxy) is 2. The molecule has 6 heteroatoms. The lowest BCUT2D eigenvalue weighted by Gasteiger charge is -2.28. The van der Waals surface area contributed by atoms with Gasteiger partial charge in [0.1, 0.15) is 11.6 Å². The number of morpholine rings is 1. The van der Waals surface area contributed by atoms with E-state index in [-0.39, 0.29) is 5.91 Å². The maximum absolute atomic E-state index is 13.6. The zero-order valence-electron chi connectivity index (χ0n) is 17.0. The summed E-state index contributed by atoms with van der Waals surface area (Å²) >= 11 is 0. The Bertz CT molecular complexity index is 776. The van der Waals surface area contributed by atoms with Crippen LogP contribution >= 0.6 is 0 Å². The molecule has 1 aliphatic heterocycles. The molecule has 1 aliphatic rings. The lowest BCUT2D eigenvalue weighted by atomic mass is 10.1. The van der Waals surface area contributed by atoms with Gasteiger partial charge >= 0.3 is 0 Å². The number of hydrogen-bond donors (Lipinski definition) is 0. The van der Waals surface area contributed by atoms with Crippen LogP contribution in [0.15, 0.2) is 48.5 Å². The average molecular weight is 400 g/mol. The van der Waals surface area contributed by atoms with Crippen molar-refractivity contribution in [3.63, 3.8) is 0 Å². The molecule has 0 spiro atoms. The Morgan fingerprint density at radius 1 is 1.17 bits per heavy atom. The largest absolute Gasteiger partial charge is 0.494 e. The normalized spacial score (nSPS) is 14.6. The number of carbonyl (C=O) groups excluding carboxylic acids is 1. The molecule has 156 valence electrons. The molecule has 3 rings (SSSR count). The number of carbonyl (C=O) groups is 1. The van der Waals surface area contributed by atoms with Crippen LogP contribution < -0.4 is 4.74 Å². The Balaban J connectivity index is 1.66. The van der Waals surface area contributed by atoms with Crippen LogP contribution in [0.3, 0.4) is 0 Å². The second-order valence-electron chi connectivity index (χ2n) is 7.12. The molecule has 5 nitrogen and oxygen atoms in total. The summed E-state index contributed by atoms with van der Waals surface area (Å²) in [5.74, 6) is 0.261. The number of amides is 1. The highest BCUT2D eigenvalue weighted by atomic mass is 19.1. The van der Waals surface area contributed by atoms with Crippen molar-refractivity contribution in [2.75, 3.05) is 46.0 Å². The van der Waals surface area contributed by atoms with Crippen molar-refractivity contribution in [2.24, 2.45) is 0 Å². The Morgan fingerprint density at radius 2 is 1.93 bits per heavy atom. The summed E-state index contributed by atoms with van der Waals surface area (Å²) < 4.78 is 24.5. The van der Waals surface area contributed by atoms with Gasteiger partial charge in [-0.05, 0) is 49.2 Å². The summed E-state index contributed by atoms with van der Waals surface area (Å²) in [7, 11) is 0. The summed E-state index contributed by atoms with van der Waals surface area (Å²) in [6.07, 6.45) is 0.859. The molecule has 1 fully saturated rings. The topological polar surface area (TPSA) is 42.0 Å². The highest BCUT2D eigenvalue weighted by Gasteiger charge is 2.18. The molecule has 0 aromatic heterocycles. The van der Waals surface area contributed by atoms with Gasteiger partial charge in [0, 0.05) is 38.3 Å². The number of nitrogens with zero attached hydrogens (tertiary/aromatic N) is 2. The number of rotatable bonds is 9. The SMILES string of the molecule is CCOc1ccc(CN(CCCN2CCOCC2)C(=O)c2cccc(F)c2)cc1. The van der Waals surface area contributed by atoms with Crippen LogP contribution in [-0.2, 0) is 11.3 Å². The molecule has 1 saturated heterocycles. The summed E-state index contributed by atoms with van der Waals surface area (Å²) in [5.41, 5.74) is 1.40. The van der Waals surface area contributed by atoms with Gasteiger partial charge in [-0.3, -0.25) is 9.69 Å². The predicted octanol–water partition coefficient (Wildman–Crippen LogP) is 3.59. The van der Waals surface area contributed by atoms with E-state index in [9.17, 15) is 9.18 Å².